The number of aromatic nitrogens is 2. The van der Waals surface area contributed by atoms with Gasteiger partial charge in [-0.2, -0.15) is 0 Å². The number of amides is 2. The van der Waals surface area contributed by atoms with E-state index < -0.39 is 12.1 Å². The summed E-state index contributed by atoms with van der Waals surface area (Å²) in [7, 11) is 3.03. The van der Waals surface area contributed by atoms with Crippen LogP contribution in [0.4, 0.5) is 4.79 Å². The Morgan fingerprint density at radius 3 is 2.85 bits per heavy atom. The van der Waals surface area contributed by atoms with Gasteiger partial charge in [0.1, 0.15) is 11.7 Å². The summed E-state index contributed by atoms with van der Waals surface area (Å²) >= 11 is 0. The van der Waals surface area contributed by atoms with Crippen molar-refractivity contribution in [2.45, 2.75) is 31.8 Å². The number of carbonyl (C=O) groups is 2. The van der Waals surface area contributed by atoms with Gasteiger partial charge >= 0.3 is 6.09 Å². The van der Waals surface area contributed by atoms with Crippen LogP contribution >= 0.6 is 0 Å². The lowest BCUT2D eigenvalue weighted by atomic mass is 10.0. The second kappa shape index (κ2) is 7.99. The largest absolute Gasteiger partial charge is 0.453 e. The lowest BCUT2D eigenvalue weighted by molar-refractivity contribution is -0.137. The Hall–Kier alpha value is -2.90. The van der Waals surface area contributed by atoms with Gasteiger partial charge in [-0.15, -0.1) is 0 Å². The molecule has 0 unspecified atom stereocenters. The molecule has 0 radical (unpaired) electrons. The molecule has 0 spiro atoms. The van der Waals surface area contributed by atoms with Gasteiger partial charge in [0.25, 0.3) is 0 Å². The summed E-state index contributed by atoms with van der Waals surface area (Å²) in [6.07, 6.45) is 5.33. The molecule has 0 bridgehead atoms. The SMILES string of the molecule is COC(=O)N1CCCC[C@@H]1C(=O)N(C)Cc1cc(-c2ccncc2)no1. The number of nitrogens with zero attached hydrogens (tertiary/aromatic N) is 4. The number of rotatable bonds is 4. The Morgan fingerprint density at radius 1 is 1.35 bits per heavy atom. The van der Waals surface area contributed by atoms with Crippen LogP contribution in [0.15, 0.2) is 35.1 Å². The van der Waals surface area contributed by atoms with Gasteiger partial charge in [-0.05, 0) is 31.4 Å². The fourth-order valence-electron chi connectivity index (χ4n) is 3.14. The quantitative estimate of drug-likeness (QED) is 0.833. The van der Waals surface area contributed by atoms with Crippen LogP contribution in [0.2, 0.25) is 0 Å². The van der Waals surface area contributed by atoms with E-state index in [4.69, 9.17) is 9.26 Å². The second-order valence-corrected chi connectivity index (χ2v) is 6.28. The van der Waals surface area contributed by atoms with Gasteiger partial charge in [-0.25, -0.2) is 4.79 Å². The van der Waals surface area contributed by atoms with Gasteiger partial charge in [0, 0.05) is 37.6 Å². The van der Waals surface area contributed by atoms with E-state index in [2.05, 4.69) is 10.1 Å². The molecular formula is C18H22N4O4. The van der Waals surface area contributed by atoms with Crippen LogP contribution < -0.4 is 0 Å². The minimum Gasteiger partial charge on any atom is -0.453 e. The van der Waals surface area contributed by atoms with E-state index in [0.29, 0.717) is 24.4 Å². The third kappa shape index (κ3) is 3.84. The van der Waals surface area contributed by atoms with Crippen molar-refractivity contribution in [3.05, 3.63) is 36.4 Å². The molecule has 1 aliphatic rings. The van der Waals surface area contributed by atoms with Crippen LogP contribution in [0.5, 0.6) is 0 Å². The number of hydrogen-bond donors (Lipinski definition) is 0. The minimum atomic E-state index is -0.496. The predicted molar refractivity (Wildman–Crippen MR) is 93.0 cm³/mol. The fourth-order valence-corrected chi connectivity index (χ4v) is 3.14. The van der Waals surface area contributed by atoms with Crippen molar-refractivity contribution >= 4 is 12.0 Å². The Bertz CT molecular complexity index is 762. The molecule has 26 heavy (non-hydrogen) atoms. The molecular weight excluding hydrogens is 336 g/mol. The maximum atomic E-state index is 12.8. The summed E-state index contributed by atoms with van der Waals surface area (Å²) in [5.41, 5.74) is 1.59. The zero-order valence-corrected chi connectivity index (χ0v) is 14.9. The molecule has 1 atom stereocenters. The third-order valence-electron chi connectivity index (χ3n) is 4.50. The van der Waals surface area contributed by atoms with Crippen LogP contribution in [0.1, 0.15) is 25.0 Å². The van der Waals surface area contributed by atoms with Gasteiger partial charge in [-0.1, -0.05) is 5.16 Å². The first kappa shape index (κ1) is 17.9. The zero-order chi connectivity index (χ0) is 18.5. The van der Waals surface area contributed by atoms with Crippen molar-refractivity contribution < 1.29 is 18.8 Å². The van der Waals surface area contributed by atoms with Gasteiger partial charge in [0.15, 0.2) is 5.76 Å². The molecule has 8 heteroatoms. The Kier molecular flexibility index (Phi) is 5.50. The lowest BCUT2D eigenvalue weighted by Crippen LogP contribution is -2.52. The molecule has 3 rings (SSSR count). The summed E-state index contributed by atoms with van der Waals surface area (Å²) in [4.78, 5) is 31.8. The summed E-state index contributed by atoms with van der Waals surface area (Å²) in [5, 5.41) is 4.04. The van der Waals surface area contributed by atoms with E-state index in [1.807, 2.05) is 12.1 Å². The van der Waals surface area contributed by atoms with Crippen molar-refractivity contribution in [3.8, 4) is 11.3 Å². The number of piperidine rings is 1. The second-order valence-electron chi connectivity index (χ2n) is 6.28. The number of ether oxygens (including phenoxy) is 1. The van der Waals surface area contributed by atoms with Crippen LogP contribution in [-0.4, -0.2) is 58.7 Å². The molecule has 2 amide bonds. The molecule has 8 nitrogen and oxygen atoms in total. The fraction of sp³-hybridized carbons (Fsp3) is 0.444. The molecule has 1 aliphatic heterocycles. The highest BCUT2D eigenvalue weighted by Crippen LogP contribution is 2.22. The van der Waals surface area contributed by atoms with Crippen molar-refractivity contribution in [2.75, 3.05) is 20.7 Å². The monoisotopic (exact) mass is 358 g/mol. The molecule has 0 aromatic carbocycles. The first-order chi connectivity index (χ1) is 12.6. The van der Waals surface area contributed by atoms with Crippen LogP contribution in [-0.2, 0) is 16.1 Å². The molecule has 3 heterocycles. The molecule has 2 aromatic heterocycles. The Morgan fingerprint density at radius 2 is 2.12 bits per heavy atom. The third-order valence-corrected chi connectivity index (χ3v) is 4.50. The number of methoxy groups -OCH3 is 1. The summed E-state index contributed by atoms with van der Waals surface area (Å²) in [6.45, 7) is 0.813. The van der Waals surface area contributed by atoms with Crippen LogP contribution in [0.3, 0.4) is 0 Å². The summed E-state index contributed by atoms with van der Waals surface area (Å²) in [5.74, 6) is 0.449. The average molecular weight is 358 g/mol. The van der Waals surface area contributed by atoms with Crippen molar-refractivity contribution in [2.24, 2.45) is 0 Å². The first-order valence-corrected chi connectivity index (χ1v) is 8.55. The van der Waals surface area contributed by atoms with Crippen LogP contribution in [0.25, 0.3) is 11.3 Å². The molecule has 2 aromatic rings. The highest BCUT2D eigenvalue weighted by Gasteiger charge is 2.34. The highest BCUT2D eigenvalue weighted by atomic mass is 16.5. The number of pyridine rings is 1. The van der Waals surface area contributed by atoms with Gasteiger partial charge in [0.2, 0.25) is 5.91 Å². The number of likely N-dealkylation sites (tertiary alicyclic amines) is 1. The van der Waals surface area contributed by atoms with Crippen LogP contribution in [0, 0.1) is 0 Å². The molecule has 1 fully saturated rings. The number of carbonyl (C=O) groups excluding carboxylic acids is 2. The molecule has 1 saturated heterocycles. The van der Waals surface area contributed by atoms with E-state index in [1.54, 1.807) is 30.4 Å². The minimum absolute atomic E-state index is 0.128. The van der Waals surface area contributed by atoms with E-state index in [0.717, 1.165) is 18.4 Å². The topological polar surface area (TPSA) is 88.8 Å². The zero-order valence-electron chi connectivity index (χ0n) is 14.9. The standard InChI is InChI=1S/C18H22N4O4/c1-21(17(23)16-5-3-4-10-22(16)18(24)25-2)12-14-11-15(20-26-14)13-6-8-19-9-7-13/h6-9,11,16H,3-5,10,12H2,1-2H3/t16-/m1/s1. The van der Waals surface area contributed by atoms with Gasteiger partial charge in [-0.3, -0.25) is 14.7 Å². The maximum Gasteiger partial charge on any atom is 0.410 e. The normalized spacial score (nSPS) is 17.0. The highest BCUT2D eigenvalue weighted by molar-refractivity contribution is 5.85. The average Bonchev–Trinajstić information content (AvgIpc) is 3.16. The molecule has 138 valence electrons. The summed E-state index contributed by atoms with van der Waals surface area (Å²) < 4.78 is 10.2. The summed E-state index contributed by atoms with van der Waals surface area (Å²) in [6, 6.07) is 4.99. The van der Waals surface area contributed by atoms with E-state index >= 15 is 0 Å². The van der Waals surface area contributed by atoms with Gasteiger partial charge in [0.05, 0.1) is 13.7 Å². The smallest absolute Gasteiger partial charge is 0.410 e. The van der Waals surface area contributed by atoms with Gasteiger partial charge < -0.3 is 14.2 Å². The van der Waals surface area contributed by atoms with Crippen molar-refractivity contribution in [1.82, 2.24) is 19.9 Å². The maximum absolute atomic E-state index is 12.8. The van der Waals surface area contributed by atoms with E-state index in [1.165, 1.54) is 12.0 Å². The predicted octanol–water partition coefficient (Wildman–Crippen LogP) is 2.32. The number of likely N-dealkylation sites (N-methyl/N-ethyl adjacent to an activating group) is 1. The lowest BCUT2D eigenvalue weighted by Gasteiger charge is -2.35. The molecule has 0 aliphatic carbocycles. The van der Waals surface area contributed by atoms with E-state index in [9.17, 15) is 9.59 Å². The first-order valence-electron chi connectivity index (χ1n) is 8.55. The Balaban J connectivity index is 1.67. The van der Waals surface area contributed by atoms with E-state index in [-0.39, 0.29) is 12.5 Å². The van der Waals surface area contributed by atoms with Crippen molar-refractivity contribution in [1.29, 1.82) is 0 Å². The Labute approximate surface area is 151 Å². The molecule has 0 N–H and O–H groups in total. The number of hydrogen-bond acceptors (Lipinski definition) is 6. The molecule has 0 saturated carbocycles. The van der Waals surface area contributed by atoms with Crippen molar-refractivity contribution in [3.63, 3.8) is 0 Å².